The molecule has 0 spiro atoms. The quantitative estimate of drug-likeness (QED) is 0.489. The molecule has 0 saturated carbocycles. The number of carbonyl (C=O) groups is 1. The molecule has 0 atom stereocenters. The molecule has 2 heteroatoms. The van der Waals surface area contributed by atoms with Gasteiger partial charge in [-0.2, -0.15) is 0 Å². The van der Waals surface area contributed by atoms with Crippen molar-refractivity contribution in [1.29, 1.82) is 0 Å². The number of hydrogen-bond acceptors (Lipinski definition) is 1. The normalized spacial score (nSPS) is 9.08. The number of unbranched alkanes of at least 4 members (excludes halogenated alkanes) is 7. The second kappa shape index (κ2) is 13.9. The Bertz CT molecular complexity index is 83.9. The van der Waals surface area contributed by atoms with Crippen LogP contribution in [0, 0.1) is 0 Å². The van der Waals surface area contributed by atoms with Gasteiger partial charge in [-0.3, -0.25) is 0 Å². The van der Waals surface area contributed by atoms with E-state index in [9.17, 15) is 4.79 Å². The molecule has 0 rings (SSSR count). The van der Waals surface area contributed by atoms with Crippen molar-refractivity contribution in [2.75, 3.05) is 0 Å². The molecule has 72 valence electrons. The van der Waals surface area contributed by atoms with E-state index in [2.05, 4.69) is 6.92 Å². The van der Waals surface area contributed by atoms with Gasteiger partial charge in [-0.1, -0.05) is 45.4 Å². The average Bonchev–Trinajstić information content (AvgIpc) is 2.03. The summed E-state index contributed by atoms with van der Waals surface area (Å²) in [5.74, 6) is 0. The summed E-state index contributed by atoms with van der Waals surface area (Å²) in [6, 6.07) is 0. The van der Waals surface area contributed by atoms with Crippen LogP contribution in [0.3, 0.4) is 0 Å². The van der Waals surface area contributed by atoms with E-state index in [0.717, 1.165) is 19.1 Å². The molecule has 0 aromatic rings. The first kappa shape index (κ1) is 14.9. The van der Waals surface area contributed by atoms with Gasteiger partial charge < -0.3 is 4.79 Å². The van der Waals surface area contributed by atoms with Crippen LogP contribution in [0.25, 0.3) is 0 Å². The summed E-state index contributed by atoms with van der Waals surface area (Å²) in [5, 5.41) is 0. The van der Waals surface area contributed by atoms with Gasteiger partial charge in [0.15, 0.2) is 0 Å². The third kappa shape index (κ3) is 13.0. The Hall–Kier alpha value is 0.358. The minimum Gasteiger partial charge on any atom is -0.303 e. The van der Waals surface area contributed by atoms with E-state index in [4.69, 9.17) is 0 Å². The summed E-state index contributed by atoms with van der Waals surface area (Å²) >= 11 is 0. The van der Waals surface area contributed by atoms with E-state index in [1.807, 2.05) is 0 Å². The van der Waals surface area contributed by atoms with Gasteiger partial charge in [0.25, 0.3) is 0 Å². The monoisotopic (exact) mass is 340 g/mol. The van der Waals surface area contributed by atoms with E-state index in [1.165, 1.54) is 38.5 Å². The molecule has 0 aliphatic carbocycles. The summed E-state index contributed by atoms with van der Waals surface area (Å²) in [6.07, 6.45) is 10.8. The largest absolute Gasteiger partial charge is 0.303 e. The molecule has 0 amide bonds. The summed E-state index contributed by atoms with van der Waals surface area (Å²) < 4.78 is 0. The zero-order valence-electron chi connectivity index (χ0n) is 8.05. The summed E-state index contributed by atoms with van der Waals surface area (Å²) in [5.41, 5.74) is 0. The summed E-state index contributed by atoms with van der Waals surface area (Å²) in [4.78, 5) is 9.94. The molecule has 0 aromatic carbocycles. The van der Waals surface area contributed by atoms with Crippen LogP contribution in [0.5, 0.6) is 0 Å². The van der Waals surface area contributed by atoms with Gasteiger partial charge in [-0.25, -0.2) is 0 Å². The molecular weight excluding hydrogens is 320 g/mol. The van der Waals surface area contributed by atoms with E-state index in [0.29, 0.717) is 0 Å². The van der Waals surface area contributed by atoms with Gasteiger partial charge in [0.2, 0.25) is 0 Å². The minimum absolute atomic E-state index is 0. The number of aldehydes is 1. The molecule has 1 nitrogen and oxygen atoms in total. The SMILES string of the molecule is CCCCCCCCCC=O.[W]. The van der Waals surface area contributed by atoms with E-state index >= 15 is 0 Å². The van der Waals surface area contributed by atoms with Crippen LogP contribution in [0.15, 0.2) is 0 Å². The molecule has 0 bridgehead atoms. The maximum Gasteiger partial charge on any atom is 0.119 e. The Balaban J connectivity index is 0. The number of hydrogen-bond donors (Lipinski definition) is 0. The molecule has 0 N–H and O–H groups in total. The fourth-order valence-corrected chi connectivity index (χ4v) is 1.18. The molecule has 0 heterocycles. The van der Waals surface area contributed by atoms with Crippen LogP contribution in [0.2, 0.25) is 0 Å². The van der Waals surface area contributed by atoms with E-state index in [1.54, 1.807) is 0 Å². The zero-order valence-corrected chi connectivity index (χ0v) is 11.0. The second-order valence-corrected chi connectivity index (χ2v) is 3.08. The van der Waals surface area contributed by atoms with Gasteiger partial charge >= 0.3 is 0 Å². The van der Waals surface area contributed by atoms with Crippen LogP contribution in [-0.2, 0) is 25.9 Å². The fraction of sp³-hybridized carbons (Fsp3) is 0.900. The molecule has 0 saturated heterocycles. The first-order chi connectivity index (χ1) is 5.41. The first-order valence-corrected chi connectivity index (χ1v) is 4.85. The molecule has 0 aromatic heterocycles. The van der Waals surface area contributed by atoms with Crippen LogP contribution < -0.4 is 0 Å². The Morgan fingerprint density at radius 1 is 0.917 bits per heavy atom. The predicted molar refractivity (Wildman–Crippen MR) is 48.7 cm³/mol. The third-order valence-electron chi connectivity index (χ3n) is 1.93. The Morgan fingerprint density at radius 2 is 1.42 bits per heavy atom. The van der Waals surface area contributed by atoms with Crippen LogP contribution in [0.4, 0.5) is 0 Å². The van der Waals surface area contributed by atoms with Crippen molar-refractivity contribution in [3.63, 3.8) is 0 Å². The van der Waals surface area contributed by atoms with Gasteiger partial charge in [-0.15, -0.1) is 0 Å². The summed E-state index contributed by atoms with van der Waals surface area (Å²) in [7, 11) is 0. The van der Waals surface area contributed by atoms with Crippen molar-refractivity contribution in [3.05, 3.63) is 0 Å². The molecule has 0 fully saturated rings. The molecule has 0 radical (unpaired) electrons. The van der Waals surface area contributed by atoms with Crippen molar-refractivity contribution in [1.82, 2.24) is 0 Å². The fourth-order valence-electron chi connectivity index (χ4n) is 1.18. The zero-order chi connectivity index (χ0) is 8.36. The Morgan fingerprint density at radius 3 is 1.92 bits per heavy atom. The topological polar surface area (TPSA) is 17.1 Å². The van der Waals surface area contributed by atoms with Crippen molar-refractivity contribution in [2.24, 2.45) is 0 Å². The van der Waals surface area contributed by atoms with Crippen molar-refractivity contribution in [2.45, 2.75) is 58.3 Å². The van der Waals surface area contributed by atoms with E-state index < -0.39 is 0 Å². The van der Waals surface area contributed by atoms with Gasteiger partial charge in [0, 0.05) is 27.5 Å². The maximum absolute atomic E-state index is 9.94. The molecular formula is C10H20OW. The smallest absolute Gasteiger partial charge is 0.119 e. The number of carbonyl (C=O) groups excluding carboxylic acids is 1. The molecule has 0 aliphatic rings. The standard InChI is InChI=1S/C10H20O.W/c1-2-3-4-5-6-7-8-9-10-11;/h10H,2-9H2,1H3;. The van der Waals surface area contributed by atoms with Crippen molar-refractivity contribution < 1.29 is 25.9 Å². The number of rotatable bonds is 8. The molecule has 0 unspecified atom stereocenters. The van der Waals surface area contributed by atoms with E-state index in [-0.39, 0.29) is 21.1 Å². The summed E-state index contributed by atoms with van der Waals surface area (Å²) in [6.45, 7) is 2.23. The maximum atomic E-state index is 9.94. The average molecular weight is 340 g/mol. The first-order valence-electron chi connectivity index (χ1n) is 4.85. The Labute approximate surface area is 90.6 Å². The van der Waals surface area contributed by atoms with Crippen LogP contribution in [0.1, 0.15) is 58.3 Å². The second-order valence-electron chi connectivity index (χ2n) is 3.08. The van der Waals surface area contributed by atoms with Gasteiger partial charge in [-0.05, 0) is 6.42 Å². The van der Waals surface area contributed by atoms with Gasteiger partial charge in [0.05, 0.1) is 0 Å². The van der Waals surface area contributed by atoms with Crippen molar-refractivity contribution in [3.8, 4) is 0 Å². The predicted octanol–water partition coefficient (Wildman–Crippen LogP) is 3.32. The third-order valence-corrected chi connectivity index (χ3v) is 1.93. The van der Waals surface area contributed by atoms with Crippen LogP contribution in [-0.4, -0.2) is 6.29 Å². The minimum atomic E-state index is 0. The van der Waals surface area contributed by atoms with Crippen molar-refractivity contribution >= 4 is 6.29 Å². The molecule has 0 aliphatic heterocycles. The molecule has 12 heavy (non-hydrogen) atoms. The van der Waals surface area contributed by atoms with Gasteiger partial charge in [0.1, 0.15) is 6.29 Å². The van der Waals surface area contributed by atoms with Crippen LogP contribution >= 0.6 is 0 Å². The Kier molecular flexibility index (Phi) is 17.2.